The first-order chi connectivity index (χ1) is 16.9. The van der Waals surface area contributed by atoms with Crippen LogP contribution in [0.4, 0.5) is 0 Å². The van der Waals surface area contributed by atoms with Crippen LogP contribution in [0.1, 0.15) is 58.3 Å². The van der Waals surface area contributed by atoms with E-state index < -0.39 is 42.9 Å². The molecule has 0 bridgehead atoms. The van der Waals surface area contributed by atoms with E-state index in [9.17, 15) is 30.3 Å². The van der Waals surface area contributed by atoms with Crippen LogP contribution >= 0.6 is 0 Å². The number of benzene rings is 1. The molecule has 1 aliphatic heterocycles. The Morgan fingerprint density at radius 1 is 0.943 bits per heavy atom. The summed E-state index contributed by atoms with van der Waals surface area (Å²) in [6.07, 6.45) is 1.79. The largest absolute Gasteiger partial charge is 0.504 e. The Morgan fingerprint density at radius 2 is 1.63 bits per heavy atom. The van der Waals surface area contributed by atoms with Crippen molar-refractivity contribution in [3.05, 3.63) is 28.6 Å². The Balaban J connectivity index is 1.60. The van der Waals surface area contributed by atoms with E-state index in [1.807, 2.05) is 0 Å². The Kier molecular flexibility index (Phi) is 10.2. The Bertz CT molecular complexity index is 988. The molecule has 0 aliphatic carbocycles. The van der Waals surface area contributed by atoms with Gasteiger partial charge >= 0.3 is 5.63 Å². The van der Waals surface area contributed by atoms with Gasteiger partial charge in [-0.25, -0.2) is 4.79 Å². The average molecular weight is 497 g/mol. The smallest absolute Gasteiger partial charge is 0.383 e. The number of hydrogen-bond donors (Lipinski definition) is 5. The molecule has 10 heteroatoms. The summed E-state index contributed by atoms with van der Waals surface area (Å²) in [7, 11) is 0. The van der Waals surface area contributed by atoms with Gasteiger partial charge in [-0.3, -0.25) is 0 Å². The third-order valence-electron chi connectivity index (χ3n) is 6.16. The molecule has 1 aliphatic rings. The van der Waals surface area contributed by atoms with Crippen LogP contribution in [0.15, 0.2) is 27.4 Å². The molecule has 1 aromatic heterocycles. The van der Waals surface area contributed by atoms with Crippen LogP contribution in [0.3, 0.4) is 0 Å². The lowest BCUT2D eigenvalue weighted by Crippen LogP contribution is -2.60. The van der Waals surface area contributed by atoms with Crippen molar-refractivity contribution in [1.82, 2.24) is 0 Å². The van der Waals surface area contributed by atoms with Crippen molar-refractivity contribution in [3.8, 4) is 17.2 Å². The highest BCUT2D eigenvalue weighted by Crippen LogP contribution is 2.34. The second-order valence-corrected chi connectivity index (χ2v) is 8.86. The van der Waals surface area contributed by atoms with Crippen molar-refractivity contribution >= 4 is 11.0 Å². The number of ether oxygens (including phenoxy) is 3. The molecule has 5 atom stereocenters. The molecule has 10 nitrogen and oxygen atoms in total. The van der Waals surface area contributed by atoms with Crippen LogP contribution in [-0.4, -0.2) is 69.5 Å². The molecule has 0 amide bonds. The van der Waals surface area contributed by atoms with Crippen LogP contribution in [0, 0.1) is 0 Å². The first kappa shape index (κ1) is 27.2. The molecule has 196 valence electrons. The monoisotopic (exact) mass is 496 g/mol. The van der Waals surface area contributed by atoms with Crippen molar-refractivity contribution in [3.63, 3.8) is 0 Å². The van der Waals surface area contributed by atoms with E-state index >= 15 is 0 Å². The molecule has 0 spiro atoms. The first-order valence-corrected chi connectivity index (χ1v) is 12.3. The first-order valence-electron chi connectivity index (χ1n) is 12.3. The highest BCUT2D eigenvalue weighted by atomic mass is 16.7. The van der Waals surface area contributed by atoms with Gasteiger partial charge in [0, 0.05) is 6.07 Å². The van der Waals surface area contributed by atoms with Gasteiger partial charge in [0.2, 0.25) is 12.0 Å². The lowest BCUT2D eigenvalue weighted by molar-refractivity contribution is -0.277. The fourth-order valence-corrected chi connectivity index (χ4v) is 4.06. The maximum absolute atomic E-state index is 12.4. The topological polar surface area (TPSA) is 159 Å². The molecular weight excluding hydrogens is 460 g/mol. The van der Waals surface area contributed by atoms with Gasteiger partial charge < -0.3 is 44.2 Å². The average Bonchev–Trinajstić information content (AvgIpc) is 2.84. The Morgan fingerprint density at radius 3 is 2.31 bits per heavy atom. The standard InChI is InChI=1S/C25H36O10/c1-2-3-4-5-6-7-8-9-12-32-23-19(27)16-11-10-15(13-17(16)34-24(23)31)33-25-22(30)21(29)20(28)18(14-26)35-25/h10-11,13,18,20-22,25-30H,2-9,12,14H2,1H3/t18-,20-,21+,22+,25+/m1/s1. The van der Waals surface area contributed by atoms with Crippen molar-refractivity contribution in [2.75, 3.05) is 13.2 Å². The van der Waals surface area contributed by atoms with Crippen LogP contribution < -0.4 is 15.1 Å². The van der Waals surface area contributed by atoms with E-state index in [0.29, 0.717) is 0 Å². The molecule has 5 N–H and O–H groups in total. The molecule has 1 fully saturated rings. The summed E-state index contributed by atoms with van der Waals surface area (Å²) in [4.78, 5) is 12.4. The summed E-state index contributed by atoms with van der Waals surface area (Å²) >= 11 is 0. The van der Waals surface area contributed by atoms with Gasteiger partial charge in [0.1, 0.15) is 35.7 Å². The van der Waals surface area contributed by atoms with Gasteiger partial charge in [-0.05, 0) is 18.6 Å². The fourth-order valence-electron chi connectivity index (χ4n) is 4.06. The predicted molar refractivity (Wildman–Crippen MR) is 127 cm³/mol. The minimum absolute atomic E-state index is 0.0222. The number of unbranched alkanes of at least 4 members (excludes halogenated alkanes) is 7. The van der Waals surface area contributed by atoms with Gasteiger partial charge in [-0.1, -0.05) is 51.9 Å². The second-order valence-electron chi connectivity index (χ2n) is 8.86. The van der Waals surface area contributed by atoms with E-state index in [1.54, 1.807) is 0 Å². The molecular formula is C25H36O10. The SMILES string of the molecule is CCCCCCCCCCOc1c(O)c2ccc(O[C@H]3O[C@H](CO)[C@@H](O)[C@H](O)[C@@H]3O)cc2oc1=O. The quantitative estimate of drug-likeness (QED) is 0.205. The van der Waals surface area contributed by atoms with Crippen LogP contribution in [0.25, 0.3) is 11.0 Å². The van der Waals surface area contributed by atoms with E-state index in [-0.39, 0.29) is 34.8 Å². The number of hydrogen-bond acceptors (Lipinski definition) is 10. The fraction of sp³-hybridized carbons (Fsp3) is 0.640. The van der Waals surface area contributed by atoms with Gasteiger partial charge in [0.25, 0.3) is 0 Å². The van der Waals surface area contributed by atoms with Crippen molar-refractivity contribution in [2.45, 2.75) is 89.0 Å². The summed E-state index contributed by atoms with van der Waals surface area (Å²) < 4.78 is 21.7. The van der Waals surface area contributed by atoms with Crippen LogP contribution in [0.2, 0.25) is 0 Å². The number of aliphatic hydroxyl groups is 4. The van der Waals surface area contributed by atoms with Crippen LogP contribution in [-0.2, 0) is 4.74 Å². The molecule has 1 aromatic carbocycles. The van der Waals surface area contributed by atoms with E-state index in [4.69, 9.17) is 18.6 Å². The third kappa shape index (κ3) is 6.86. The zero-order chi connectivity index (χ0) is 25.4. The number of fused-ring (bicyclic) bond motifs is 1. The summed E-state index contributed by atoms with van der Waals surface area (Å²) in [6.45, 7) is 1.89. The second kappa shape index (κ2) is 13.1. The van der Waals surface area contributed by atoms with Crippen molar-refractivity contribution in [2.24, 2.45) is 0 Å². The van der Waals surface area contributed by atoms with Gasteiger partial charge in [-0.15, -0.1) is 0 Å². The lowest BCUT2D eigenvalue weighted by Gasteiger charge is -2.39. The Hall–Kier alpha value is -2.37. The number of aromatic hydroxyl groups is 1. The highest BCUT2D eigenvalue weighted by molar-refractivity contribution is 5.86. The molecule has 35 heavy (non-hydrogen) atoms. The molecule has 0 unspecified atom stereocenters. The molecule has 3 rings (SSSR count). The lowest BCUT2D eigenvalue weighted by atomic mass is 9.99. The summed E-state index contributed by atoms with van der Waals surface area (Å²) in [5, 5.41) is 50.0. The number of aliphatic hydroxyl groups excluding tert-OH is 4. The van der Waals surface area contributed by atoms with Gasteiger partial charge in [0.05, 0.1) is 18.6 Å². The maximum atomic E-state index is 12.4. The number of rotatable bonds is 13. The van der Waals surface area contributed by atoms with Gasteiger partial charge in [0.15, 0.2) is 5.75 Å². The molecule has 2 heterocycles. The normalized spacial score (nSPS) is 24.5. The molecule has 0 saturated carbocycles. The van der Waals surface area contributed by atoms with E-state index in [0.717, 1.165) is 19.3 Å². The molecule has 1 saturated heterocycles. The third-order valence-corrected chi connectivity index (χ3v) is 6.16. The zero-order valence-corrected chi connectivity index (χ0v) is 20.0. The minimum atomic E-state index is -1.59. The maximum Gasteiger partial charge on any atom is 0.383 e. The Labute approximate surface area is 203 Å². The molecule has 0 radical (unpaired) electrons. The molecule has 2 aromatic rings. The summed E-state index contributed by atoms with van der Waals surface area (Å²) in [6, 6.07) is 4.22. The van der Waals surface area contributed by atoms with Crippen molar-refractivity contribution in [1.29, 1.82) is 0 Å². The highest BCUT2D eigenvalue weighted by Gasteiger charge is 2.44. The minimum Gasteiger partial charge on any atom is -0.504 e. The zero-order valence-electron chi connectivity index (χ0n) is 20.0. The predicted octanol–water partition coefficient (Wildman–Crippen LogP) is 2.20. The summed E-state index contributed by atoms with van der Waals surface area (Å²) in [5.74, 6) is -0.477. The van der Waals surface area contributed by atoms with Crippen molar-refractivity contribution < 1.29 is 44.2 Å². The van der Waals surface area contributed by atoms with E-state index in [2.05, 4.69) is 6.92 Å². The van der Waals surface area contributed by atoms with Gasteiger partial charge in [-0.2, -0.15) is 0 Å². The van der Waals surface area contributed by atoms with Crippen LogP contribution in [0.5, 0.6) is 17.2 Å². The van der Waals surface area contributed by atoms with E-state index in [1.165, 1.54) is 50.3 Å². The summed E-state index contributed by atoms with van der Waals surface area (Å²) in [5.41, 5.74) is -0.812.